The summed E-state index contributed by atoms with van der Waals surface area (Å²) in [5, 5.41) is 26.9. The van der Waals surface area contributed by atoms with Crippen molar-refractivity contribution >= 4 is 17.4 Å². The molecule has 2 aromatic carbocycles. The molecule has 32 heavy (non-hydrogen) atoms. The maximum Gasteiger partial charge on any atom is 0.257 e. The number of benzene rings is 2. The number of Topliss-reactive ketones (excluding diaryl/α,β-unsaturated/α-hetero) is 1. The third kappa shape index (κ3) is 3.71. The van der Waals surface area contributed by atoms with E-state index in [1.165, 1.54) is 11.0 Å². The molecule has 4 rings (SSSR count). The predicted octanol–water partition coefficient (Wildman–Crippen LogP) is 2.13. The van der Waals surface area contributed by atoms with Gasteiger partial charge < -0.3 is 35.2 Å². The zero-order valence-corrected chi connectivity index (χ0v) is 18.0. The number of ketones is 1. The van der Waals surface area contributed by atoms with Crippen LogP contribution in [0.1, 0.15) is 35.3 Å². The number of nitrogens with one attached hydrogen (secondary N) is 2. The van der Waals surface area contributed by atoms with Gasteiger partial charge in [0.05, 0.1) is 23.0 Å². The van der Waals surface area contributed by atoms with E-state index in [1.807, 2.05) is 25.1 Å². The lowest BCUT2D eigenvalue weighted by atomic mass is 9.92. The molecule has 1 aliphatic carbocycles. The van der Waals surface area contributed by atoms with Gasteiger partial charge in [0.25, 0.3) is 5.91 Å². The maximum atomic E-state index is 12.4. The summed E-state index contributed by atoms with van der Waals surface area (Å²) in [5.41, 5.74) is 1.68. The Morgan fingerprint density at radius 3 is 2.69 bits per heavy atom. The molecule has 2 atom stereocenters. The molecule has 1 amide bonds. The monoisotopic (exact) mass is 439 g/mol. The van der Waals surface area contributed by atoms with Gasteiger partial charge in [0.15, 0.2) is 23.4 Å². The number of aliphatic hydroxyl groups excluding tert-OH is 1. The molecule has 2 aliphatic rings. The minimum atomic E-state index is -1.30. The summed E-state index contributed by atoms with van der Waals surface area (Å²) in [4.78, 5) is 26.0. The van der Waals surface area contributed by atoms with Crippen LogP contribution >= 0.6 is 0 Å². The highest BCUT2D eigenvalue weighted by atomic mass is 16.7. The van der Waals surface area contributed by atoms with E-state index in [1.54, 1.807) is 26.2 Å². The number of hydrogen-bond acceptors (Lipinski definition) is 8. The fourth-order valence-electron chi connectivity index (χ4n) is 3.67. The molecule has 1 aliphatic heterocycles. The number of ether oxygens (including phenoxy) is 2. The number of amides is 1. The molecule has 2 unspecified atom stereocenters. The Morgan fingerprint density at radius 2 is 1.97 bits per heavy atom. The van der Waals surface area contributed by atoms with E-state index >= 15 is 0 Å². The first-order chi connectivity index (χ1) is 15.3. The van der Waals surface area contributed by atoms with E-state index in [0.29, 0.717) is 23.6 Å². The molecule has 0 fully saturated rings. The number of aliphatic hydroxyl groups is 1. The molecule has 0 bridgehead atoms. The molecule has 168 valence electrons. The molecule has 0 aromatic heterocycles. The van der Waals surface area contributed by atoms with Gasteiger partial charge in [-0.15, -0.1) is 0 Å². The third-order valence-corrected chi connectivity index (χ3v) is 5.51. The molecule has 1 heterocycles. The maximum absolute atomic E-state index is 12.4. The van der Waals surface area contributed by atoms with Crippen molar-refractivity contribution in [1.29, 1.82) is 0 Å². The van der Waals surface area contributed by atoms with Gasteiger partial charge in [-0.2, -0.15) is 0 Å². The highest BCUT2D eigenvalue weighted by Crippen LogP contribution is 2.37. The summed E-state index contributed by atoms with van der Waals surface area (Å²) in [6.45, 7) is 2.15. The van der Waals surface area contributed by atoms with Crippen molar-refractivity contribution in [3.63, 3.8) is 0 Å². The number of carbonyl (C=O) groups excluding carboxylic acids is 2. The van der Waals surface area contributed by atoms with Gasteiger partial charge in [0.2, 0.25) is 12.6 Å². The molecule has 2 aromatic rings. The number of rotatable bonds is 7. The van der Waals surface area contributed by atoms with E-state index in [4.69, 9.17) is 9.47 Å². The number of hydrogen-bond donors (Lipinski definition) is 4. The second-order valence-corrected chi connectivity index (χ2v) is 7.80. The molecule has 9 nitrogen and oxygen atoms in total. The SMILES string of the molecule is CCC(NC1=C(Nc2cccc(C(=O)N(C)C)c2O)C(=O)C1O)c1ccc2c(c1)OCO2. The van der Waals surface area contributed by atoms with Crippen LogP contribution in [0, 0.1) is 0 Å². The van der Waals surface area contributed by atoms with Crippen molar-refractivity contribution in [3.8, 4) is 17.2 Å². The number of para-hydroxylation sites is 1. The first kappa shape index (κ1) is 21.5. The number of carbonyl (C=O) groups is 2. The van der Waals surface area contributed by atoms with Crippen LogP contribution in [0.3, 0.4) is 0 Å². The van der Waals surface area contributed by atoms with E-state index in [9.17, 15) is 19.8 Å². The quantitative estimate of drug-likeness (QED) is 0.485. The van der Waals surface area contributed by atoms with Crippen LogP contribution in [0.4, 0.5) is 5.69 Å². The van der Waals surface area contributed by atoms with Crippen LogP contribution in [0.15, 0.2) is 47.8 Å². The Kier molecular flexibility index (Phi) is 5.67. The summed E-state index contributed by atoms with van der Waals surface area (Å²) in [6.07, 6.45) is -0.621. The topological polar surface area (TPSA) is 120 Å². The third-order valence-electron chi connectivity index (χ3n) is 5.51. The zero-order valence-electron chi connectivity index (χ0n) is 18.0. The minimum absolute atomic E-state index is 0.106. The summed E-state index contributed by atoms with van der Waals surface area (Å²) >= 11 is 0. The van der Waals surface area contributed by atoms with Crippen molar-refractivity contribution in [2.45, 2.75) is 25.5 Å². The Bertz CT molecular complexity index is 1110. The lowest BCUT2D eigenvalue weighted by Crippen LogP contribution is -2.46. The van der Waals surface area contributed by atoms with Gasteiger partial charge in [0.1, 0.15) is 5.70 Å². The van der Waals surface area contributed by atoms with Gasteiger partial charge in [0, 0.05) is 14.1 Å². The molecule has 9 heteroatoms. The summed E-state index contributed by atoms with van der Waals surface area (Å²) < 4.78 is 10.8. The Morgan fingerprint density at radius 1 is 1.22 bits per heavy atom. The van der Waals surface area contributed by atoms with E-state index in [0.717, 1.165) is 5.56 Å². The Labute approximate surface area is 185 Å². The number of fused-ring (bicyclic) bond motifs is 1. The summed E-state index contributed by atoms with van der Waals surface area (Å²) in [7, 11) is 3.17. The minimum Gasteiger partial charge on any atom is -0.505 e. The molecule has 4 N–H and O–H groups in total. The van der Waals surface area contributed by atoms with Gasteiger partial charge in [-0.25, -0.2) is 0 Å². The molecule has 0 saturated carbocycles. The largest absolute Gasteiger partial charge is 0.505 e. The van der Waals surface area contributed by atoms with Crippen molar-refractivity contribution in [1.82, 2.24) is 10.2 Å². The molecule has 0 saturated heterocycles. The van der Waals surface area contributed by atoms with E-state index in [2.05, 4.69) is 10.6 Å². The van der Waals surface area contributed by atoms with E-state index in [-0.39, 0.29) is 41.4 Å². The highest BCUT2D eigenvalue weighted by Gasteiger charge is 2.39. The van der Waals surface area contributed by atoms with Gasteiger partial charge in [-0.05, 0) is 36.2 Å². The molecule has 0 radical (unpaired) electrons. The average Bonchev–Trinajstić information content (AvgIpc) is 3.26. The van der Waals surface area contributed by atoms with E-state index < -0.39 is 11.9 Å². The van der Waals surface area contributed by atoms with Crippen LogP contribution in [-0.2, 0) is 4.79 Å². The van der Waals surface area contributed by atoms with Crippen molar-refractivity contribution in [3.05, 3.63) is 58.9 Å². The number of phenols is 1. The normalized spacial score (nSPS) is 17.6. The number of nitrogens with zero attached hydrogens (tertiary/aromatic N) is 1. The van der Waals surface area contributed by atoms with Crippen LogP contribution in [0.25, 0.3) is 0 Å². The molecular formula is C23H25N3O6. The average molecular weight is 439 g/mol. The van der Waals surface area contributed by atoms with Crippen molar-refractivity contribution in [2.24, 2.45) is 0 Å². The van der Waals surface area contributed by atoms with Crippen LogP contribution in [0.5, 0.6) is 17.2 Å². The number of aromatic hydroxyl groups is 1. The first-order valence-corrected chi connectivity index (χ1v) is 10.2. The van der Waals surface area contributed by atoms with Gasteiger partial charge in [-0.1, -0.05) is 19.1 Å². The van der Waals surface area contributed by atoms with Gasteiger partial charge in [-0.3, -0.25) is 9.59 Å². The summed E-state index contributed by atoms with van der Waals surface area (Å²) in [5.74, 6) is 0.179. The smallest absolute Gasteiger partial charge is 0.257 e. The standard InChI is InChI=1S/C23H25N3O6/c1-4-14(12-8-9-16-17(10-12)32-11-31-16)24-18-19(22(29)21(18)28)25-15-7-5-6-13(20(15)27)23(30)26(2)3/h5-10,14,21,24-25,27-28H,4,11H2,1-3H3. The first-order valence-electron chi connectivity index (χ1n) is 10.2. The summed E-state index contributed by atoms with van der Waals surface area (Å²) in [6, 6.07) is 10.1. The lowest BCUT2D eigenvalue weighted by molar-refractivity contribution is -0.124. The Hall–Kier alpha value is -3.72. The molecule has 0 spiro atoms. The van der Waals surface area contributed by atoms with Crippen LogP contribution < -0.4 is 20.1 Å². The van der Waals surface area contributed by atoms with Crippen LogP contribution in [-0.4, -0.2) is 53.8 Å². The fraction of sp³-hybridized carbons (Fsp3) is 0.304. The zero-order chi connectivity index (χ0) is 23.0. The second kappa shape index (κ2) is 8.43. The highest BCUT2D eigenvalue weighted by molar-refractivity contribution is 6.11. The predicted molar refractivity (Wildman–Crippen MR) is 117 cm³/mol. The number of phenolic OH excluding ortho intramolecular Hbond substituents is 1. The number of anilines is 1. The van der Waals surface area contributed by atoms with Crippen LogP contribution in [0.2, 0.25) is 0 Å². The Balaban J connectivity index is 1.60. The van der Waals surface area contributed by atoms with Crippen molar-refractivity contribution in [2.75, 3.05) is 26.2 Å². The fourth-order valence-corrected chi connectivity index (χ4v) is 3.67. The second-order valence-electron chi connectivity index (χ2n) is 7.80. The van der Waals surface area contributed by atoms with Crippen molar-refractivity contribution < 1.29 is 29.3 Å². The van der Waals surface area contributed by atoms with Gasteiger partial charge >= 0.3 is 0 Å². The molecular weight excluding hydrogens is 414 g/mol. The lowest BCUT2D eigenvalue weighted by Gasteiger charge is -2.33.